The van der Waals surface area contributed by atoms with Crippen LogP contribution in [0, 0.1) is 6.92 Å². The van der Waals surface area contributed by atoms with Crippen molar-refractivity contribution in [3.63, 3.8) is 0 Å². The number of nitrogens with two attached hydrogens (primary N) is 1. The Morgan fingerprint density at radius 3 is 2.94 bits per heavy atom. The molecule has 2 N–H and O–H groups in total. The number of halogens is 1. The summed E-state index contributed by atoms with van der Waals surface area (Å²) in [4.78, 5) is 0. The molecule has 2 unspecified atom stereocenters. The second kappa shape index (κ2) is 6.69. The minimum absolute atomic E-state index is 0.141. The molecular weight excluding hydrogens is 290 g/mol. The molecule has 2 nitrogen and oxygen atoms in total. The van der Waals surface area contributed by atoms with Gasteiger partial charge >= 0.3 is 0 Å². The monoisotopic (exact) mass is 311 g/mol. The Hall–Kier alpha value is -0.380. The summed E-state index contributed by atoms with van der Waals surface area (Å²) in [6, 6.07) is 6.57. The van der Waals surface area contributed by atoms with Gasteiger partial charge < -0.3 is 10.5 Å². The fourth-order valence-corrected chi connectivity index (χ4v) is 3.21. The van der Waals surface area contributed by atoms with Crippen molar-refractivity contribution in [2.45, 2.75) is 51.2 Å². The van der Waals surface area contributed by atoms with Crippen LogP contribution in [0.2, 0.25) is 0 Å². The number of hydrogen-bond acceptors (Lipinski definition) is 2. The zero-order valence-corrected chi connectivity index (χ0v) is 12.6. The van der Waals surface area contributed by atoms with Gasteiger partial charge in [0.2, 0.25) is 0 Å². The zero-order valence-electron chi connectivity index (χ0n) is 11.0. The van der Waals surface area contributed by atoms with E-state index in [1.165, 1.54) is 24.0 Å². The molecule has 1 aliphatic heterocycles. The molecule has 0 aliphatic carbocycles. The summed E-state index contributed by atoms with van der Waals surface area (Å²) in [7, 11) is 0. The predicted octanol–water partition coefficient (Wildman–Crippen LogP) is 4.11. The van der Waals surface area contributed by atoms with Crippen molar-refractivity contribution in [3.05, 3.63) is 33.8 Å². The fraction of sp³-hybridized carbons (Fsp3) is 0.600. The number of ether oxygens (including phenoxy) is 1. The number of aryl methyl sites for hydroxylation is 1. The molecule has 0 radical (unpaired) electrons. The van der Waals surface area contributed by atoms with Crippen LogP contribution in [0.3, 0.4) is 0 Å². The Morgan fingerprint density at radius 1 is 1.44 bits per heavy atom. The van der Waals surface area contributed by atoms with Crippen LogP contribution in [0.4, 0.5) is 0 Å². The van der Waals surface area contributed by atoms with Gasteiger partial charge in [-0.1, -0.05) is 22.0 Å². The Morgan fingerprint density at radius 2 is 2.28 bits per heavy atom. The summed E-state index contributed by atoms with van der Waals surface area (Å²) in [6.45, 7) is 3.05. The third-order valence-corrected chi connectivity index (χ3v) is 4.02. The largest absolute Gasteiger partial charge is 0.378 e. The van der Waals surface area contributed by atoms with E-state index >= 15 is 0 Å². The van der Waals surface area contributed by atoms with Crippen molar-refractivity contribution in [1.82, 2.24) is 0 Å². The van der Waals surface area contributed by atoms with Gasteiger partial charge in [0.1, 0.15) is 0 Å². The normalized spacial score (nSPS) is 21.2. The van der Waals surface area contributed by atoms with Crippen LogP contribution in [-0.4, -0.2) is 12.7 Å². The molecule has 1 heterocycles. The molecule has 1 aliphatic rings. The van der Waals surface area contributed by atoms with Crippen LogP contribution in [0.25, 0.3) is 0 Å². The second-order valence-corrected chi connectivity index (χ2v) is 6.15. The van der Waals surface area contributed by atoms with E-state index in [1.807, 2.05) is 0 Å². The first-order valence-electron chi connectivity index (χ1n) is 6.79. The first kappa shape index (κ1) is 14.0. The van der Waals surface area contributed by atoms with Crippen molar-refractivity contribution in [2.24, 2.45) is 5.73 Å². The predicted molar refractivity (Wildman–Crippen MR) is 78.6 cm³/mol. The van der Waals surface area contributed by atoms with E-state index in [0.29, 0.717) is 6.10 Å². The first-order valence-corrected chi connectivity index (χ1v) is 7.59. The number of rotatable bonds is 5. The van der Waals surface area contributed by atoms with Crippen molar-refractivity contribution in [1.29, 1.82) is 0 Å². The highest BCUT2D eigenvalue weighted by Crippen LogP contribution is 2.24. The van der Waals surface area contributed by atoms with Gasteiger partial charge in [0.05, 0.1) is 6.10 Å². The van der Waals surface area contributed by atoms with Gasteiger partial charge in [0, 0.05) is 17.1 Å². The molecular formula is C15H22BrNO. The highest BCUT2D eigenvalue weighted by molar-refractivity contribution is 9.10. The zero-order chi connectivity index (χ0) is 13.0. The summed E-state index contributed by atoms with van der Waals surface area (Å²) in [5, 5.41) is 0. The lowest BCUT2D eigenvalue weighted by molar-refractivity contribution is 0.101. The van der Waals surface area contributed by atoms with Crippen LogP contribution in [-0.2, 0) is 4.74 Å². The average molecular weight is 312 g/mol. The topological polar surface area (TPSA) is 35.2 Å². The lowest BCUT2D eigenvalue weighted by Crippen LogP contribution is -2.12. The van der Waals surface area contributed by atoms with E-state index < -0.39 is 0 Å². The van der Waals surface area contributed by atoms with Gasteiger partial charge in [-0.05, 0) is 62.3 Å². The van der Waals surface area contributed by atoms with Crippen LogP contribution < -0.4 is 5.73 Å². The lowest BCUT2D eigenvalue weighted by atomic mass is 9.99. The van der Waals surface area contributed by atoms with E-state index in [4.69, 9.17) is 10.5 Å². The molecule has 18 heavy (non-hydrogen) atoms. The third-order valence-electron chi connectivity index (χ3n) is 3.56. The van der Waals surface area contributed by atoms with Gasteiger partial charge in [-0.15, -0.1) is 0 Å². The molecule has 1 saturated heterocycles. The standard InChI is InChI=1S/C15H22BrNO/c1-11-8-12(10-13(16)9-11)15(17)6-2-4-14-5-3-7-18-14/h8-10,14-15H,2-7,17H2,1H3. The van der Waals surface area contributed by atoms with Crippen LogP contribution >= 0.6 is 15.9 Å². The number of hydrogen-bond donors (Lipinski definition) is 1. The second-order valence-electron chi connectivity index (χ2n) is 5.23. The average Bonchev–Trinajstić information content (AvgIpc) is 2.80. The smallest absolute Gasteiger partial charge is 0.0576 e. The van der Waals surface area contributed by atoms with Crippen molar-refractivity contribution in [3.8, 4) is 0 Å². The third kappa shape index (κ3) is 4.08. The highest BCUT2D eigenvalue weighted by Gasteiger charge is 2.15. The number of benzene rings is 1. The fourth-order valence-electron chi connectivity index (χ4n) is 2.58. The Labute approximate surface area is 118 Å². The van der Waals surface area contributed by atoms with Crippen LogP contribution in [0.5, 0.6) is 0 Å². The van der Waals surface area contributed by atoms with E-state index in [0.717, 1.165) is 30.3 Å². The van der Waals surface area contributed by atoms with Gasteiger partial charge in [-0.25, -0.2) is 0 Å². The van der Waals surface area contributed by atoms with E-state index in [-0.39, 0.29) is 6.04 Å². The summed E-state index contributed by atoms with van der Waals surface area (Å²) in [5.41, 5.74) is 8.74. The van der Waals surface area contributed by atoms with Crippen molar-refractivity contribution >= 4 is 15.9 Å². The molecule has 1 aromatic carbocycles. The molecule has 1 aromatic rings. The van der Waals surface area contributed by atoms with Gasteiger partial charge in [-0.3, -0.25) is 0 Å². The summed E-state index contributed by atoms with van der Waals surface area (Å²) < 4.78 is 6.75. The Bertz CT molecular complexity index is 368. The molecule has 100 valence electrons. The van der Waals surface area contributed by atoms with Crippen LogP contribution in [0.15, 0.2) is 22.7 Å². The van der Waals surface area contributed by atoms with Gasteiger partial charge in [-0.2, -0.15) is 0 Å². The van der Waals surface area contributed by atoms with Crippen molar-refractivity contribution < 1.29 is 4.74 Å². The molecule has 0 bridgehead atoms. The van der Waals surface area contributed by atoms with E-state index in [1.54, 1.807) is 0 Å². The molecule has 0 spiro atoms. The molecule has 2 atom stereocenters. The maximum absolute atomic E-state index is 6.26. The van der Waals surface area contributed by atoms with Gasteiger partial charge in [0.25, 0.3) is 0 Å². The van der Waals surface area contributed by atoms with E-state index in [9.17, 15) is 0 Å². The van der Waals surface area contributed by atoms with E-state index in [2.05, 4.69) is 41.1 Å². The molecule has 1 fully saturated rings. The Kier molecular flexibility index (Phi) is 5.22. The lowest BCUT2D eigenvalue weighted by Gasteiger charge is -2.15. The van der Waals surface area contributed by atoms with Crippen molar-refractivity contribution in [2.75, 3.05) is 6.61 Å². The quantitative estimate of drug-likeness (QED) is 0.888. The minimum atomic E-state index is 0.141. The Balaban J connectivity index is 1.81. The highest BCUT2D eigenvalue weighted by atomic mass is 79.9. The molecule has 0 amide bonds. The first-order chi connectivity index (χ1) is 8.65. The summed E-state index contributed by atoms with van der Waals surface area (Å²) in [6.07, 6.45) is 6.28. The van der Waals surface area contributed by atoms with Gasteiger partial charge in [0.15, 0.2) is 0 Å². The molecule has 0 aromatic heterocycles. The maximum Gasteiger partial charge on any atom is 0.0576 e. The molecule has 2 rings (SSSR count). The minimum Gasteiger partial charge on any atom is -0.378 e. The molecule has 0 saturated carbocycles. The van der Waals surface area contributed by atoms with Crippen LogP contribution in [0.1, 0.15) is 49.3 Å². The summed E-state index contributed by atoms with van der Waals surface area (Å²) in [5.74, 6) is 0. The maximum atomic E-state index is 6.26. The molecule has 3 heteroatoms. The summed E-state index contributed by atoms with van der Waals surface area (Å²) >= 11 is 3.53. The SMILES string of the molecule is Cc1cc(Br)cc(C(N)CCCC2CCCO2)c1.